The standard InChI is InChI=1S/C17H22N2O4/c1-16(2,3)23-15(22)19-14-12(7-6-8-13(14)21)17(18-11-20)9-4-5-10-17/h6-8,21H,4-5,9-10H2,1-3H3,(H,19,22). The Morgan fingerprint density at radius 3 is 2.57 bits per heavy atom. The van der Waals surface area contributed by atoms with E-state index in [0.717, 1.165) is 12.8 Å². The number of amides is 1. The van der Waals surface area contributed by atoms with Gasteiger partial charge in [0, 0.05) is 5.56 Å². The van der Waals surface area contributed by atoms with Gasteiger partial charge in [0.1, 0.15) is 16.9 Å². The molecule has 1 aromatic carbocycles. The summed E-state index contributed by atoms with van der Waals surface area (Å²) in [6.07, 6.45) is 4.17. The smallest absolute Gasteiger partial charge is 0.412 e. The van der Waals surface area contributed by atoms with Crippen LogP contribution < -0.4 is 5.32 Å². The number of carbonyl (C=O) groups excluding carboxylic acids is 2. The topological polar surface area (TPSA) is 88.0 Å². The number of nitrogens with zero attached hydrogens (tertiary/aromatic N) is 1. The Morgan fingerprint density at radius 1 is 1.35 bits per heavy atom. The molecule has 1 fully saturated rings. The predicted octanol–water partition coefficient (Wildman–Crippen LogP) is 3.84. The van der Waals surface area contributed by atoms with Crippen molar-refractivity contribution in [3.63, 3.8) is 0 Å². The average molecular weight is 318 g/mol. The van der Waals surface area contributed by atoms with Gasteiger partial charge in [-0.05, 0) is 39.7 Å². The lowest BCUT2D eigenvalue weighted by molar-refractivity contribution is 0.0635. The van der Waals surface area contributed by atoms with E-state index in [4.69, 9.17) is 4.74 Å². The molecule has 2 rings (SSSR count). The number of para-hydroxylation sites is 1. The molecular weight excluding hydrogens is 296 g/mol. The van der Waals surface area contributed by atoms with Crippen molar-refractivity contribution < 1.29 is 19.4 Å². The Labute approximate surface area is 135 Å². The van der Waals surface area contributed by atoms with Crippen LogP contribution in [0, 0.1) is 0 Å². The number of anilines is 1. The molecule has 0 saturated heterocycles. The third-order valence-corrected chi connectivity index (χ3v) is 3.86. The summed E-state index contributed by atoms with van der Waals surface area (Å²) in [6, 6.07) is 4.91. The molecule has 1 aliphatic rings. The van der Waals surface area contributed by atoms with E-state index in [2.05, 4.69) is 10.3 Å². The number of rotatable bonds is 3. The van der Waals surface area contributed by atoms with E-state index >= 15 is 0 Å². The van der Waals surface area contributed by atoms with Gasteiger partial charge in [-0.3, -0.25) is 5.32 Å². The fourth-order valence-corrected chi connectivity index (χ4v) is 2.95. The molecule has 2 N–H and O–H groups in total. The minimum Gasteiger partial charge on any atom is -0.506 e. The van der Waals surface area contributed by atoms with Gasteiger partial charge in [-0.25, -0.2) is 9.59 Å². The maximum absolute atomic E-state index is 12.1. The normalized spacial score (nSPS) is 16.5. The van der Waals surface area contributed by atoms with Crippen LogP contribution in [0.2, 0.25) is 0 Å². The van der Waals surface area contributed by atoms with Crippen molar-refractivity contribution in [3.8, 4) is 5.75 Å². The maximum atomic E-state index is 12.1. The maximum Gasteiger partial charge on any atom is 0.412 e. The summed E-state index contributed by atoms with van der Waals surface area (Å²) in [4.78, 5) is 26.9. The van der Waals surface area contributed by atoms with E-state index in [0.29, 0.717) is 18.4 Å². The summed E-state index contributed by atoms with van der Waals surface area (Å²) >= 11 is 0. The van der Waals surface area contributed by atoms with Crippen LogP contribution in [-0.4, -0.2) is 22.9 Å². The Balaban J connectivity index is 2.40. The van der Waals surface area contributed by atoms with Crippen LogP contribution in [0.4, 0.5) is 10.5 Å². The third-order valence-electron chi connectivity index (χ3n) is 3.86. The van der Waals surface area contributed by atoms with Crippen molar-refractivity contribution in [2.75, 3.05) is 5.32 Å². The van der Waals surface area contributed by atoms with Crippen molar-refractivity contribution >= 4 is 17.9 Å². The molecule has 0 unspecified atom stereocenters. The first kappa shape index (κ1) is 17.0. The van der Waals surface area contributed by atoms with E-state index < -0.39 is 17.2 Å². The molecule has 0 spiro atoms. The number of nitrogens with one attached hydrogen (secondary N) is 1. The molecule has 0 aliphatic heterocycles. The molecule has 23 heavy (non-hydrogen) atoms. The number of phenols is 1. The zero-order valence-electron chi connectivity index (χ0n) is 13.7. The van der Waals surface area contributed by atoms with Crippen LogP contribution in [0.15, 0.2) is 23.2 Å². The minimum absolute atomic E-state index is 0.0827. The zero-order chi connectivity index (χ0) is 17.1. The number of aromatic hydroxyl groups is 1. The molecule has 0 bridgehead atoms. The lowest BCUT2D eigenvalue weighted by Gasteiger charge is -2.27. The number of isocyanates is 1. The number of benzene rings is 1. The number of aliphatic imine (C=N–C) groups is 1. The van der Waals surface area contributed by atoms with E-state index in [9.17, 15) is 14.7 Å². The molecular formula is C17H22N2O4. The van der Waals surface area contributed by atoms with Crippen molar-refractivity contribution in [2.45, 2.75) is 57.6 Å². The first-order valence-electron chi connectivity index (χ1n) is 7.69. The fraction of sp³-hybridized carbons (Fsp3) is 0.529. The highest BCUT2D eigenvalue weighted by Gasteiger charge is 2.38. The van der Waals surface area contributed by atoms with Gasteiger partial charge in [-0.1, -0.05) is 25.0 Å². The quantitative estimate of drug-likeness (QED) is 0.503. The van der Waals surface area contributed by atoms with Crippen LogP contribution in [0.5, 0.6) is 5.75 Å². The molecule has 6 nitrogen and oxygen atoms in total. The van der Waals surface area contributed by atoms with Gasteiger partial charge in [-0.15, -0.1) is 0 Å². The van der Waals surface area contributed by atoms with Crippen LogP contribution in [0.3, 0.4) is 0 Å². The molecule has 1 aromatic rings. The molecule has 0 radical (unpaired) electrons. The molecule has 1 saturated carbocycles. The Kier molecular flexibility index (Phi) is 4.76. The monoisotopic (exact) mass is 318 g/mol. The van der Waals surface area contributed by atoms with Gasteiger partial charge in [0.05, 0.1) is 5.69 Å². The highest BCUT2D eigenvalue weighted by molar-refractivity contribution is 5.88. The number of hydrogen-bond acceptors (Lipinski definition) is 5. The molecule has 1 amide bonds. The van der Waals surface area contributed by atoms with Gasteiger partial charge in [0.2, 0.25) is 6.08 Å². The summed E-state index contributed by atoms with van der Waals surface area (Å²) in [7, 11) is 0. The SMILES string of the molecule is CC(C)(C)OC(=O)Nc1c(O)cccc1C1(N=C=O)CCCC1. The second-order valence-electron chi connectivity index (χ2n) is 6.77. The number of phenolic OH excluding ortho intramolecular Hbond substituents is 1. The molecule has 0 aromatic heterocycles. The second-order valence-corrected chi connectivity index (χ2v) is 6.77. The predicted molar refractivity (Wildman–Crippen MR) is 86.2 cm³/mol. The largest absolute Gasteiger partial charge is 0.506 e. The summed E-state index contributed by atoms with van der Waals surface area (Å²) in [6.45, 7) is 5.27. The van der Waals surface area contributed by atoms with Crippen molar-refractivity contribution in [3.05, 3.63) is 23.8 Å². The lowest BCUT2D eigenvalue weighted by Crippen LogP contribution is -2.29. The van der Waals surface area contributed by atoms with Gasteiger partial charge in [0.25, 0.3) is 0 Å². The summed E-state index contributed by atoms with van der Waals surface area (Å²) in [5.74, 6) is -0.0827. The lowest BCUT2D eigenvalue weighted by atomic mass is 9.87. The average Bonchev–Trinajstić information content (AvgIpc) is 2.89. The van der Waals surface area contributed by atoms with Crippen LogP contribution in [-0.2, 0) is 15.1 Å². The van der Waals surface area contributed by atoms with E-state index in [-0.39, 0.29) is 11.4 Å². The highest BCUT2D eigenvalue weighted by atomic mass is 16.6. The molecule has 0 atom stereocenters. The van der Waals surface area contributed by atoms with Crippen LogP contribution in [0.1, 0.15) is 52.0 Å². The number of carbonyl (C=O) groups is 1. The number of ether oxygens (including phenoxy) is 1. The van der Waals surface area contributed by atoms with Gasteiger partial charge in [0.15, 0.2) is 0 Å². The van der Waals surface area contributed by atoms with Crippen molar-refractivity contribution in [1.82, 2.24) is 0 Å². The van der Waals surface area contributed by atoms with Gasteiger partial charge < -0.3 is 9.84 Å². The molecule has 1 aliphatic carbocycles. The summed E-state index contributed by atoms with van der Waals surface area (Å²) in [5.41, 5.74) is -0.544. The minimum atomic E-state index is -0.745. The van der Waals surface area contributed by atoms with Gasteiger partial charge >= 0.3 is 6.09 Å². The number of hydrogen-bond donors (Lipinski definition) is 2. The fourth-order valence-electron chi connectivity index (χ4n) is 2.95. The highest BCUT2D eigenvalue weighted by Crippen LogP contribution is 2.47. The van der Waals surface area contributed by atoms with E-state index in [1.807, 2.05) is 0 Å². The third kappa shape index (κ3) is 3.90. The van der Waals surface area contributed by atoms with Crippen molar-refractivity contribution in [1.29, 1.82) is 0 Å². The zero-order valence-corrected chi connectivity index (χ0v) is 13.7. The summed E-state index contributed by atoms with van der Waals surface area (Å²) < 4.78 is 5.24. The molecule has 6 heteroatoms. The Morgan fingerprint density at radius 2 is 2.00 bits per heavy atom. The van der Waals surface area contributed by atoms with E-state index in [1.54, 1.807) is 39.0 Å². The van der Waals surface area contributed by atoms with Crippen LogP contribution >= 0.6 is 0 Å². The van der Waals surface area contributed by atoms with Crippen LogP contribution in [0.25, 0.3) is 0 Å². The van der Waals surface area contributed by atoms with Crippen molar-refractivity contribution in [2.24, 2.45) is 4.99 Å². The first-order chi connectivity index (χ1) is 10.8. The van der Waals surface area contributed by atoms with Gasteiger partial charge in [-0.2, -0.15) is 4.99 Å². The Bertz CT molecular complexity index is 636. The van der Waals surface area contributed by atoms with E-state index in [1.165, 1.54) is 6.07 Å². The first-order valence-corrected chi connectivity index (χ1v) is 7.69. The summed E-state index contributed by atoms with van der Waals surface area (Å²) in [5, 5.41) is 12.8. The molecule has 124 valence electrons. The molecule has 0 heterocycles. The second kappa shape index (κ2) is 6.42. The Hall–Kier alpha value is -2.33.